The first-order valence-electron chi connectivity index (χ1n) is 26.9. The first kappa shape index (κ1) is 90.8. The smallest absolute Gasteiger partial charge is 0.480 e. The van der Waals surface area contributed by atoms with E-state index in [2.05, 4.69) is 33.1 Å². The van der Waals surface area contributed by atoms with Crippen molar-refractivity contribution in [2.24, 2.45) is 65.1 Å². The number of esters is 4. The van der Waals surface area contributed by atoms with Gasteiger partial charge in [-0.3, -0.25) is 19.2 Å². The van der Waals surface area contributed by atoms with Gasteiger partial charge in [-0.05, 0) is 92.3 Å². The van der Waals surface area contributed by atoms with Crippen LogP contribution in [0, 0.1) is 102 Å². The van der Waals surface area contributed by atoms with E-state index in [9.17, 15) is 127 Å². The zero-order valence-corrected chi connectivity index (χ0v) is 55.4. The summed E-state index contributed by atoms with van der Waals surface area (Å²) in [5.41, 5.74) is -26.8. The number of carbonyl (C=O) groups is 4. The van der Waals surface area contributed by atoms with E-state index in [4.69, 9.17) is 9.47 Å². The van der Waals surface area contributed by atoms with E-state index < -0.39 is 152 Å². The number of ether oxygens (including phenoxy) is 4. The van der Waals surface area contributed by atoms with Crippen molar-refractivity contribution in [2.75, 3.05) is 39.3 Å². The molecule has 12 atom stereocenters. The molecule has 0 radical (unpaired) electrons. The highest BCUT2D eigenvalue weighted by atomic mass is 32.2. The highest BCUT2D eigenvalue weighted by molar-refractivity contribution is 7.95. The van der Waals surface area contributed by atoms with E-state index in [0.29, 0.717) is 19.3 Å². The molecule has 0 N–H and O–H groups in total. The third kappa shape index (κ3) is 23.5. The molecule has 6 saturated carbocycles. The lowest BCUT2D eigenvalue weighted by Gasteiger charge is -2.41. The van der Waals surface area contributed by atoms with Crippen LogP contribution in [0.25, 0.3) is 23.6 Å². The molecule has 0 aromatic heterocycles. The molecule has 0 aromatic rings. The average Bonchev–Trinajstić information content (AvgIpc) is 1.59. The molecule has 43 heteroatoms. The third-order valence-corrected chi connectivity index (χ3v) is 21.3. The van der Waals surface area contributed by atoms with Crippen LogP contribution in [0.5, 0.6) is 0 Å². The lowest BCUT2D eigenvalue weighted by molar-refractivity contribution is -0.166. The van der Waals surface area contributed by atoms with Crippen molar-refractivity contribution in [3.63, 3.8) is 0 Å². The van der Waals surface area contributed by atoms with Gasteiger partial charge in [0.05, 0.1) is 18.6 Å². The molecular formula is C50H76F15N5O18S5. The predicted molar refractivity (Wildman–Crippen MR) is 304 cm³/mol. The van der Waals surface area contributed by atoms with Crippen molar-refractivity contribution >= 4 is 74.0 Å². The highest BCUT2D eigenvalue weighted by Gasteiger charge is 2.61. The molecule has 10 fully saturated rings. The largest absolute Gasteiger partial charge is 0.541 e. The summed E-state index contributed by atoms with van der Waals surface area (Å²) in [6, 6.07) is 0. The van der Waals surface area contributed by atoms with Gasteiger partial charge in [-0.25, -0.2) is 42.1 Å². The Hall–Kier alpha value is -4.27. The summed E-state index contributed by atoms with van der Waals surface area (Å²) in [5.74, 6) is -0.840. The van der Waals surface area contributed by atoms with Gasteiger partial charge in [-0.1, -0.05) is 53.0 Å². The van der Waals surface area contributed by atoms with Gasteiger partial charge in [0.25, 0.3) is 0 Å². The fourth-order valence-electron chi connectivity index (χ4n) is 11.8. The van der Waals surface area contributed by atoms with E-state index in [1.54, 1.807) is 32.1 Å². The van der Waals surface area contributed by atoms with E-state index in [1.165, 1.54) is 18.8 Å². The van der Waals surface area contributed by atoms with Crippen molar-refractivity contribution < 1.29 is 146 Å². The Balaban J connectivity index is 0. The van der Waals surface area contributed by atoms with Gasteiger partial charge in [0, 0.05) is 61.8 Å². The summed E-state index contributed by atoms with van der Waals surface area (Å²) in [4.78, 5) is 44.2. The van der Waals surface area contributed by atoms with Gasteiger partial charge in [0.15, 0.2) is 50.1 Å². The minimum atomic E-state index is -5.49. The van der Waals surface area contributed by atoms with Gasteiger partial charge in [0.1, 0.15) is 12.2 Å². The molecule has 4 aliphatic heterocycles. The van der Waals surface area contributed by atoms with Gasteiger partial charge in [-0.15, -0.1) is 26.2 Å². The first-order valence-corrected chi connectivity index (χ1v) is 34.1. The lowest BCUT2D eigenvalue weighted by Crippen LogP contribution is -2.43. The Morgan fingerprint density at radius 1 is 0.419 bits per heavy atom. The van der Waals surface area contributed by atoms with E-state index >= 15 is 0 Å². The molecule has 10 rings (SSSR count). The van der Waals surface area contributed by atoms with Crippen LogP contribution in [0.2, 0.25) is 0 Å². The van der Waals surface area contributed by atoms with Crippen LogP contribution >= 0.6 is 0 Å². The third-order valence-electron chi connectivity index (χ3n) is 15.8. The maximum absolute atomic E-state index is 12.2. The number of rotatable bonds is 14. The molecule has 0 spiro atoms. The van der Waals surface area contributed by atoms with Crippen LogP contribution in [-0.4, -0.2) is 151 Å². The van der Waals surface area contributed by atoms with Crippen molar-refractivity contribution in [1.29, 1.82) is 0 Å². The molecule has 0 amide bonds. The van der Waals surface area contributed by atoms with Crippen LogP contribution in [0.3, 0.4) is 0 Å². The normalized spacial score (nSPS) is 29.4. The second-order valence-corrected chi connectivity index (χ2v) is 29.6. The monoisotopic (exact) mass is 1480 g/mol. The highest BCUT2D eigenvalue weighted by Crippen LogP contribution is 2.59. The Kier molecular flexibility index (Phi) is 34.0. The van der Waals surface area contributed by atoms with E-state index in [0.717, 1.165) is 12.8 Å². The molecule has 12 unspecified atom stereocenters. The van der Waals surface area contributed by atoms with Crippen LogP contribution < -0.4 is 0 Å². The second kappa shape index (κ2) is 34.8. The van der Waals surface area contributed by atoms with Crippen LogP contribution in [0.4, 0.5) is 65.9 Å². The second-order valence-electron chi connectivity index (χ2n) is 21.3. The zero-order valence-electron chi connectivity index (χ0n) is 51.3. The number of halogens is 15. The number of carbonyl (C=O) groups excluding carboxylic acids is 4. The number of nitrogens with zero attached hydrogens (tertiary/aromatic N) is 5. The minimum absolute atomic E-state index is 0. The van der Waals surface area contributed by atoms with E-state index in [1.807, 2.05) is 13.8 Å². The number of cyclic esters (lactones) is 2. The van der Waals surface area contributed by atoms with Gasteiger partial charge in [0.2, 0.25) is 0 Å². The molecule has 93 heavy (non-hydrogen) atoms. The first-order chi connectivity index (χ1) is 40.1. The topological polar surface area (TPSA) is 346 Å². The fraction of sp³-hybridized carbons (Fsp3) is 0.820. The molecule has 0 aromatic carbocycles. The van der Waals surface area contributed by atoms with Crippen molar-refractivity contribution in [3.05, 3.63) is 60.7 Å². The maximum atomic E-state index is 12.2. The quantitative estimate of drug-likeness (QED) is 0.0675. The Morgan fingerprint density at radius 2 is 0.806 bits per heavy atom. The summed E-state index contributed by atoms with van der Waals surface area (Å²) < 4.78 is 316. The molecule has 6 bridgehead atoms. The minimum Gasteiger partial charge on any atom is -0.541 e. The van der Waals surface area contributed by atoms with Crippen molar-refractivity contribution in [2.45, 2.75) is 150 Å². The summed E-state index contributed by atoms with van der Waals surface area (Å²) in [6.07, 6.45) is 9.69. The van der Waals surface area contributed by atoms with Crippen LogP contribution in [0.15, 0.2) is 0 Å². The molecule has 23 nitrogen and oxygen atoms in total. The molecule has 6 aliphatic carbocycles. The van der Waals surface area contributed by atoms with E-state index in [-0.39, 0.29) is 117 Å². The molecule has 544 valence electrons. The number of fused-ring (bicyclic) bond motifs is 4. The zero-order chi connectivity index (χ0) is 67.2. The van der Waals surface area contributed by atoms with Gasteiger partial charge < -0.3 is 42.6 Å². The van der Waals surface area contributed by atoms with Gasteiger partial charge in [-0.2, -0.15) is 65.9 Å². The SMILES string of the molecule is C1CC2CCC1C2.CC.CC[N-]S(=O)(=O)C(F)(F)F.O=C1CC2CC3CC2C(O1)C3C[N-]S(=O)(=O)C(F)(F)F.O=C1CCC(C[N-]S(=O)(=O)C(F)(F)F)O1.O=C1OC2C(C[N-]S(=O)(=O)C(F)(F)F)C3CC1C2C3.O=C1OCCC1C[N-]S(=O)(=O)C(F)(F)F.[CH3+].[CH3+].[CH3+].[CH3+].[CH3+]. The number of sulfonamides is 5. The molecule has 4 saturated heterocycles. The van der Waals surface area contributed by atoms with Crippen molar-refractivity contribution in [1.82, 2.24) is 0 Å². The Bertz CT molecular complexity index is 3000. The molecular weight excluding hydrogens is 1400 g/mol. The summed E-state index contributed by atoms with van der Waals surface area (Å²) in [5, 5.41) is 0. The summed E-state index contributed by atoms with van der Waals surface area (Å²) >= 11 is 0. The van der Waals surface area contributed by atoms with Gasteiger partial charge >= 0.3 is 51.4 Å². The Morgan fingerprint density at radius 3 is 1.16 bits per heavy atom. The van der Waals surface area contributed by atoms with Crippen LogP contribution in [0.1, 0.15) is 104 Å². The summed E-state index contributed by atoms with van der Waals surface area (Å²) in [6.45, 7) is 2.63. The molecule has 10 aliphatic rings. The number of hydrogen-bond donors (Lipinski definition) is 0. The maximum Gasteiger partial charge on any atom is 0.480 e. The summed E-state index contributed by atoms with van der Waals surface area (Å²) in [7, 11) is -27.1. The predicted octanol–water partition coefficient (Wildman–Crippen LogP) is 11.6. The fourth-order valence-corrected chi connectivity index (χ4v) is 14.4. The molecule has 4 heterocycles. The number of hydrogen-bond acceptors (Lipinski definition) is 18. The van der Waals surface area contributed by atoms with Crippen molar-refractivity contribution in [3.8, 4) is 0 Å². The number of alkyl halides is 15. The lowest BCUT2D eigenvalue weighted by atomic mass is 9.77. The average molecular weight is 1480 g/mol. The van der Waals surface area contributed by atoms with Crippen LogP contribution in [-0.2, 0) is 88.2 Å². The standard InChI is InChI=1S/C11H13F3NO4S.C10H11F3NO4S.C7H12.2C6H7F3NO4S.C3H5F3NO2S.C2H6.5CH3/c12-11(13,14)20(17,18)15-4-8-5-1-6-3-9(16)19-10(8)7(6)2-5;11-10(12,13)19(16,17)14-3-7-4-1-5-6(2-4)9(15)18-8(5)7;1-2-7-4-3-6(1)5-7;7-6(8,9)15(12,13)10-3-4-1-2-14-5(4)11;7-6(8,9)15(12,13)10-3-4-1-2-5(11)14-4;1-2-7-10(8,9)3(4,5)6;1-2;;;;;/h5-8,10H,1-4H2;4-8H,1-3H2;6-7H,1-5H2;2*4H,1-3H2;2H2,1H3;1-2H3;5*1H3/q2*-1;;3*-1;;5*+1. The Labute approximate surface area is 533 Å².